The van der Waals surface area contributed by atoms with Gasteiger partial charge in [0.15, 0.2) is 0 Å². The van der Waals surface area contributed by atoms with E-state index in [0.29, 0.717) is 58.3 Å². The first-order chi connectivity index (χ1) is 15.7. The highest BCUT2D eigenvalue weighted by Crippen LogP contribution is 2.33. The Morgan fingerprint density at radius 3 is 2.39 bits per heavy atom. The molecule has 0 bridgehead atoms. The lowest BCUT2D eigenvalue weighted by Crippen LogP contribution is -2.48. The van der Waals surface area contributed by atoms with Crippen molar-refractivity contribution in [3.8, 4) is 0 Å². The zero-order valence-corrected chi connectivity index (χ0v) is 19.3. The van der Waals surface area contributed by atoms with E-state index >= 15 is 0 Å². The summed E-state index contributed by atoms with van der Waals surface area (Å²) in [5.41, 5.74) is 0.149. The van der Waals surface area contributed by atoms with Crippen LogP contribution in [0.1, 0.15) is 51.9 Å². The molecule has 0 radical (unpaired) electrons. The molecule has 0 aromatic heterocycles. The molecule has 180 valence electrons. The second-order valence-electron chi connectivity index (χ2n) is 9.48. The van der Waals surface area contributed by atoms with Gasteiger partial charge in [0.05, 0.1) is 11.1 Å². The molecular weight excluding hydrogens is 424 g/mol. The quantitative estimate of drug-likeness (QED) is 0.342. The molecule has 3 aliphatic rings. The van der Waals surface area contributed by atoms with Crippen molar-refractivity contribution in [1.82, 2.24) is 15.1 Å². The third-order valence-corrected chi connectivity index (χ3v) is 7.19. The Labute approximate surface area is 194 Å². The lowest BCUT2D eigenvalue weighted by atomic mass is 9.80. The van der Waals surface area contributed by atoms with E-state index in [0.717, 1.165) is 18.5 Å². The van der Waals surface area contributed by atoms with Gasteiger partial charge in [-0.05, 0) is 58.2 Å². The summed E-state index contributed by atoms with van der Waals surface area (Å²) in [4.78, 5) is 55.5. The highest BCUT2D eigenvalue weighted by atomic mass is 16.4. The van der Waals surface area contributed by atoms with E-state index in [2.05, 4.69) is 21.9 Å². The normalized spacial score (nSPS) is 24.6. The molecule has 3 heterocycles. The number of allylic oxidation sites excluding steroid dienone is 2. The van der Waals surface area contributed by atoms with Crippen molar-refractivity contribution in [2.45, 2.75) is 51.9 Å². The van der Waals surface area contributed by atoms with Crippen molar-refractivity contribution >= 4 is 30.4 Å². The van der Waals surface area contributed by atoms with Crippen LogP contribution < -0.4 is 5.32 Å². The lowest BCUT2D eigenvalue weighted by Gasteiger charge is -2.40. The van der Waals surface area contributed by atoms with Crippen LogP contribution in [-0.4, -0.2) is 71.5 Å². The molecule has 0 aliphatic carbocycles. The number of carbonyl (C=O) groups excluding carboxylic acids is 3. The molecule has 0 aromatic carbocycles. The van der Waals surface area contributed by atoms with Gasteiger partial charge in [-0.1, -0.05) is 6.08 Å². The first-order valence-electron chi connectivity index (χ1n) is 11.7. The molecule has 3 saturated heterocycles. The molecule has 0 spiro atoms. The minimum Gasteiger partial charge on any atom is -0.481 e. The van der Waals surface area contributed by atoms with Crippen molar-refractivity contribution in [1.29, 1.82) is 0 Å². The van der Waals surface area contributed by atoms with Gasteiger partial charge < -0.3 is 14.9 Å². The Morgan fingerprint density at radius 2 is 1.82 bits per heavy atom. The molecule has 9 nitrogen and oxygen atoms in total. The SMILES string of the molecule is C=N/C=C(\C=C/CC1CCC(=O)NC1=O)N1CCC(C(=O)N2CCC(C)(C(=O)O)CC2)CC1. The number of hydrogen-bond donors (Lipinski definition) is 2. The first kappa shape index (κ1) is 24.7. The van der Waals surface area contributed by atoms with Crippen molar-refractivity contribution in [3.05, 3.63) is 24.0 Å². The molecule has 3 amide bonds. The number of likely N-dealkylation sites (tertiary alicyclic amines) is 2. The van der Waals surface area contributed by atoms with Crippen LogP contribution in [0.3, 0.4) is 0 Å². The van der Waals surface area contributed by atoms with Crippen molar-refractivity contribution < 1.29 is 24.3 Å². The molecule has 1 unspecified atom stereocenters. The van der Waals surface area contributed by atoms with E-state index in [-0.39, 0.29) is 29.6 Å². The zero-order valence-electron chi connectivity index (χ0n) is 19.3. The van der Waals surface area contributed by atoms with Crippen LogP contribution >= 0.6 is 0 Å². The van der Waals surface area contributed by atoms with Gasteiger partial charge in [0, 0.05) is 50.6 Å². The average molecular weight is 459 g/mol. The van der Waals surface area contributed by atoms with Crippen LogP contribution in [0.5, 0.6) is 0 Å². The van der Waals surface area contributed by atoms with E-state index in [9.17, 15) is 24.3 Å². The van der Waals surface area contributed by atoms with Gasteiger partial charge >= 0.3 is 5.97 Å². The minimum absolute atomic E-state index is 0.0548. The third-order valence-electron chi connectivity index (χ3n) is 7.19. The molecule has 1 atom stereocenters. The van der Waals surface area contributed by atoms with Gasteiger partial charge in [-0.2, -0.15) is 0 Å². The van der Waals surface area contributed by atoms with E-state index in [1.54, 1.807) is 13.1 Å². The Bertz CT molecular complexity index is 849. The Kier molecular flexibility index (Phi) is 8.05. The Hall–Kier alpha value is -2.97. The molecule has 2 N–H and O–H groups in total. The number of imide groups is 1. The number of carboxylic acids is 1. The zero-order chi connectivity index (χ0) is 24.0. The van der Waals surface area contributed by atoms with Crippen LogP contribution in [0.4, 0.5) is 0 Å². The molecule has 3 rings (SSSR count). The van der Waals surface area contributed by atoms with E-state index in [4.69, 9.17) is 0 Å². The van der Waals surface area contributed by atoms with Gasteiger partial charge in [0.25, 0.3) is 0 Å². The molecular formula is C24H34N4O5. The van der Waals surface area contributed by atoms with Gasteiger partial charge in [-0.3, -0.25) is 29.5 Å². The summed E-state index contributed by atoms with van der Waals surface area (Å²) in [5.74, 6) is -1.35. The number of nitrogens with zero attached hydrogens (tertiary/aromatic N) is 3. The molecule has 0 saturated carbocycles. The van der Waals surface area contributed by atoms with Gasteiger partial charge in [0.2, 0.25) is 17.7 Å². The van der Waals surface area contributed by atoms with Crippen LogP contribution in [0, 0.1) is 17.3 Å². The largest absolute Gasteiger partial charge is 0.481 e. The maximum absolute atomic E-state index is 13.0. The van der Waals surface area contributed by atoms with Crippen LogP contribution in [0.25, 0.3) is 0 Å². The van der Waals surface area contributed by atoms with Gasteiger partial charge in [0.1, 0.15) is 0 Å². The van der Waals surface area contributed by atoms with E-state index in [1.165, 1.54) is 0 Å². The smallest absolute Gasteiger partial charge is 0.309 e. The summed E-state index contributed by atoms with van der Waals surface area (Å²) in [6.07, 6.45) is 9.44. The van der Waals surface area contributed by atoms with Crippen molar-refractivity contribution in [3.63, 3.8) is 0 Å². The fourth-order valence-electron chi connectivity index (χ4n) is 4.72. The summed E-state index contributed by atoms with van der Waals surface area (Å²) in [6.45, 7) is 7.72. The average Bonchev–Trinajstić information content (AvgIpc) is 2.80. The molecule has 3 fully saturated rings. The number of hydrogen-bond acceptors (Lipinski definition) is 6. The number of aliphatic carboxylic acids is 1. The topological polar surface area (TPSA) is 119 Å². The second kappa shape index (κ2) is 10.8. The van der Waals surface area contributed by atoms with E-state index < -0.39 is 11.4 Å². The molecule has 33 heavy (non-hydrogen) atoms. The van der Waals surface area contributed by atoms with Crippen molar-refractivity contribution in [2.75, 3.05) is 26.2 Å². The Morgan fingerprint density at radius 1 is 1.15 bits per heavy atom. The first-order valence-corrected chi connectivity index (χ1v) is 11.7. The molecule has 9 heteroatoms. The fraction of sp³-hybridized carbons (Fsp3) is 0.625. The lowest BCUT2D eigenvalue weighted by molar-refractivity contribution is -0.154. The summed E-state index contributed by atoms with van der Waals surface area (Å²) in [7, 11) is 0. The number of piperidine rings is 3. The standard InChI is InChI=1S/C24H34N4O5/c1-24(23(32)33)10-14-28(15-11-24)22(31)18-8-12-27(13-9-18)19(16-25-2)5-3-4-17-6-7-20(29)26-21(17)30/h3,5,16-18H,2,4,6-15H2,1H3,(H,32,33)(H,26,29,30)/b5-3-,19-16+. The number of carbonyl (C=O) groups is 4. The highest BCUT2D eigenvalue weighted by molar-refractivity contribution is 5.98. The summed E-state index contributed by atoms with van der Waals surface area (Å²) in [6, 6.07) is 0. The maximum Gasteiger partial charge on any atom is 0.309 e. The van der Waals surface area contributed by atoms with Crippen LogP contribution in [0.2, 0.25) is 0 Å². The summed E-state index contributed by atoms with van der Waals surface area (Å²) >= 11 is 0. The minimum atomic E-state index is -0.788. The van der Waals surface area contributed by atoms with Crippen LogP contribution in [-0.2, 0) is 19.2 Å². The number of rotatable bonds is 7. The predicted molar refractivity (Wildman–Crippen MR) is 123 cm³/mol. The number of aliphatic imine (C=N–C) groups is 1. The summed E-state index contributed by atoms with van der Waals surface area (Å²) in [5, 5.41) is 11.8. The number of amides is 3. The highest BCUT2D eigenvalue weighted by Gasteiger charge is 2.39. The second-order valence-corrected chi connectivity index (χ2v) is 9.48. The number of nitrogens with one attached hydrogen (secondary N) is 1. The molecule has 0 aromatic rings. The van der Waals surface area contributed by atoms with E-state index in [1.807, 2.05) is 17.1 Å². The summed E-state index contributed by atoms with van der Waals surface area (Å²) < 4.78 is 0. The predicted octanol–water partition coefficient (Wildman–Crippen LogP) is 1.95. The van der Waals surface area contributed by atoms with Gasteiger partial charge in [-0.25, -0.2) is 0 Å². The van der Waals surface area contributed by atoms with Crippen LogP contribution in [0.15, 0.2) is 29.0 Å². The maximum atomic E-state index is 13.0. The van der Waals surface area contributed by atoms with Crippen molar-refractivity contribution in [2.24, 2.45) is 22.2 Å². The fourth-order valence-corrected chi connectivity index (χ4v) is 4.72. The van der Waals surface area contributed by atoms with Gasteiger partial charge in [-0.15, -0.1) is 0 Å². The Balaban J connectivity index is 1.49. The number of carboxylic acid groups (broad SMARTS) is 1. The monoisotopic (exact) mass is 458 g/mol. The molecule has 3 aliphatic heterocycles. The third kappa shape index (κ3) is 6.09.